The zero-order valence-corrected chi connectivity index (χ0v) is 17.4. The van der Waals surface area contributed by atoms with Crippen molar-refractivity contribution in [1.82, 2.24) is 10.2 Å². The van der Waals surface area contributed by atoms with Crippen LogP contribution in [-0.2, 0) is 0 Å². The molecule has 1 N–H and O–H groups in total. The fourth-order valence-electron chi connectivity index (χ4n) is 3.54. The first kappa shape index (κ1) is 19.7. The summed E-state index contributed by atoms with van der Waals surface area (Å²) in [4.78, 5) is 28.3. The van der Waals surface area contributed by atoms with Crippen molar-refractivity contribution >= 4 is 34.8 Å². The fraction of sp³-hybridized carbons (Fsp3) is 0.217. The predicted octanol–water partition coefficient (Wildman–Crippen LogP) is 5.10. The summed E-state index contributed by atoms with van der Waals surface area (Å²) in [6, 6.07) is 18.9. The number of rotatable bonds is 4. The van der Waals surface area contributed by atoms with Gasteiger partial charge >= 0.3 is 0 Å². The molecule has 1 aliphatic heterocycles. The number of hydrogen-bond acceptors (Lipinski definition) is 3. The van der Waals surface area contributed by atoms with Crippen LogP contribution in [0.25, 0.3) is 10.4 Å². The van der Waals surface area contributed by atoms with Gasteiger partial charge in [-0.1, -0.05) is 41.9 Å². The Morgan fingerprint density at radius 2 is 1.69 bits per heavy atom. The van der Waals surface area contributed by atoms with E-state index in [1.54, 1.807) is 35.6 Å². The van der Waals surface area contributed by atoms with Gasteiger partial charge in [-0.15, -0.1) is 11.3 Å². The van der Waals surface area contributed by atoms with Crippen LogP contribution in [0.15, 0.2) is 66.0 Å². The van der Waals surface area contributed by atoms with E-state index >= 15 is 0 Å². The average molecular weight is 425 g/mol. The molecule has 6 heteroatoms. The van der Waals surface area contributed by atoms with Crippen LogP contribution in [0, 0.1) is 0 Å². The zero-order chi connectivity index (χ0) is 20.2. The number of halogens is 1. The van der Waals surface area contributed by atoms with E-state index < -0.39 is 0 Å². The molecule has 0 saturated carbocycles. The van der Waals surface area contributed by atoms with E-state index in [-0.39, 0.29) is 17.9 Å². The van der Waals surface area contributed by atoms with Gasteiger partial charge in [-0.3, -0.25) is 9.59 Å². The Morgan fingerprint density at radius 1 is 0.966 bits per heavy atom. The quantitative estimate of drug-likeness (QED) is 0.633. The van der Waals surface area contributed by atoms with Crippen molar-refractivity contribution < 1.29 is 9.59 Å². The van der Waals surface area contributed by atoms with Gasteiger partial charge in [-0.2, -0.15) is 0 Å². The van der Waals surface area contributed by atoms with Gasteiger partial charge < -0.3 is 10.2 Å². The molecule has 2 aromatic carbocycles. The summed E-state index contributed by atoms with van der Waals surface area (Å²) in [5.41, 5.74) is 2.31. The third kappa shape index (κ3) is 4.52. The monoisotopic (exact) mass is 424 g/mol. The molecule has 0 bridgehead atoms. The molecule has 29 heavy (non-hydrogen) atoms. The van der Waals surface area contributed by atoms with Gasteiger partial charge in [0.15, 0.2) is 0 Å². The molecule has 1 fully saturated rings. The maximum Gasteiger partial charge on any atom is 0.253 e. The Morgan fingerprint density at radius 3 is 2.34 bits per heavy atom. The predicted molar refractivity (Wildman–Crippen MR) is 118 cm³/mol. The topological polar surface area (TPSA) is 49.4 Å². The lowest BCUT2D eigenvalue weighted by Gasteiger charge is -2.32. The van der Waals surface area contributed by atoms with Crippen molar-refractivity contribution in [2.45, 2.75) is 18.9 Å². The third-order valence-electron chi connectivity index (χ3n) is 5.17. The molecule has 3 aromatic rings. The van der Waals surface area contributed by atoms with Crippen molar-refractivity contribution in [2.24, 2.45) is 0 Å². The number of likely N-dealkylation sites (tertiary alicyclic amines) is 1. The van der Waals surface area contributed by atoms with Gasteiger partial charge in [0.25, 0.3) is 11.8 Å². The van der Waals surface area contributed by atoms with Gasteiger partial charge in [0, 0.05) is 29.6 Å². The van der Waals surface area contributed by atoms with Gasteiger partial charge in [0.05, 0.1) is 10.6 Å². The molecule has 0 atom stereocenters. The second-order valence-corrected chi connectivity index (χ2v) is 8.43. The Kier molecular flexibility index (Phi) is 5.97. The summed E-state index contributed by atoms with van der Waals surface area (Å²) < 4.78 is 0. The molecule has 2 heterocycles. The molecule has 1 aliphatic rings. The SMILES string of the molecule is O=C(NC1CCN(C(=O)c2ccc(-c3cccs3)cc2)CC1)c1ccccc1Cl. The van der Waals surface area contributed by atoms with Crippen molar-refractivity contribution in [2.75, 3.05) is 13.1 Å². The molecule has 2 amide bonds. The molecule has 4 nitrogen and oxygen atoms in total. The van der Waals surface area contributed by atoms with E-state index in [9.17, 15) is 9.59 Å². The Hall–Kier alpha value is -2.63. The molecule has 0 unspecified atom stereocenters. The Balaban J connectivity index is 1.33. The maximum absolute atomic E-state index is 12.8. The van der Waals surface area contributed by atoms with E-state index in [1.807, 2.05) is 40.6 Å². The van der Waals surface area contributed by atoms with Crippen molar-refractivity contribution in [3.63, 3.8) is 0 Å². The first-order chi connectivity index (χ1) is 14.1. The lowest BCUT2D eigenvalue weighted by atomic mass is 10.0. The first-order valence-electron chi connectivity index (χ1n) is 9.60. The number of hydrogen-bond donors (Lipinski definition) is 1. The maximum atomic E-state index is 12.8. The van der Waals surface area contributed by atoms with Gasteiger partial charge in [0.2, 0.25) is 0 Å². The molecule has 0 spiro atoms. The van der Waals surface area contributed by atoms with Crippen LogP contribution in [-0.4, -0.2) is 35.8 Å². The van der Waals surface area contributed by atoms with Gasteiger partial charge in [0.1, 0.15) is 0 Å². The van der Waals surface area contributed by atoms with Gasteiger partial charge in [-0.25, -0.2) is 0 Å². The summed E-state index contributed by atoms with van der Waals surface area (Å²) in [7, 11) is 0. The number of thiophene rings is 1. The van der Waals surface area contributed by atoms with Crippen LogP contribution in [0.1, 0.15) is 33.6 Å². The number of carbonyl (C=O) groups is 2. The number of piperidine rings is 1. The van der Waals surface area contributed by atoms with E-state index in [0.717, 1.165) is 18.4 Å². The summed E-state index contributed by atoms with van der Waals surface area (Å²) in [5, 5.41) is 5.53. The molecule has 1 saturated heterocycles. The highest BCUT2D eigenvalue weighted by Gasteiger charge is 2.25. The molecule has 0 aliphatic carbocycles. The van der Waals surface area contributed by atoms with Crippen LogP contribution in [0.2, 0.25) is 5.02 Å². The number of nitrogens with zero attached hydrogens (tertiary/aromatic N) is 1. The number of nitrogens with one attached hydrogen (secondary N) is 1. The third-order valence-corrected chi connectivity index (χ3v) is 6.42. The molecule has 4 rings (SSSR count). The first-order valence-corrected chi connectivity index (χ1v) is 10.9. The summed E-state index contributed by atoms with van der Waals surface area (Å²) >= 11 is 7.78. The van der Waals surface area contributed by atoms with Gasteiger partial charge in [-0.05, 0) is 54.1 Å². The Bertz CT molecular complexity index is 994. The Labute approximate surface area is 179 Å². The van der Waals surface area contributed by atoms with Crippen LogP contribution < -0.4 is 5.32 Å². The second kappa shape index (κ2) is 8.80. The lowest BCUT2D eigenvalue weighted by Crippen LogP contribution is -2.46. The average Bonchev–Trinajstić information content (AvgIpc) is 3.29. The van der Waals surface area contributed by atoms with E-state index in [1.165, 1.54) is 4.88 Å². The van der Waals surface area contributed by atoms with Crippen molar-refractivity contribution in [3.05, 3.63) is 82.2 Å². The molecule has 0 radical (unpaired) electrons. The largest absolute Gasteiger partial charge is 0.349 e. The minimum atomic E-state index is -0.162. The fourth-order valence-corrected chi connectivity index (χ4v) is 4.49. The minimum absolute atomic E-state index is 0.0404. The van der Waals surface area contributed by atoms with Crippen LogP contribution in [0.5, 0.6) is 0 Å². The van der Waals surface area contributed by atoms with E-state index in [2.05, 4.69) is 11.4 Å². The van der Waals surface area contributed by atoms with Crippen molar-refractivity contribution in [1.29, 1.82) is 0 Å². The van der Waals surface area contributed by atoms with E-state index in [0.29, 0.717) is 29.2 Å². The highest BCUT2D eigenvalue weighted by atomic mass is 35.5. The highest BCUT2D eigenvalue weighted by molar-refractivity contribution is 7.13. The highest BCUT2D eigenvalue weighted by Crippen LogP contribution is 2.25. The summed E-state index contributed by atoms with van der Waals surface area (Å²) in [6.07, 6.45) is 1.46. The number of benzene rings is 2. The number of carbonyl (C=O) groups excluding carboxylic acids is 2. The number of amides is 2. The molecule has 148 valence electrons. The van der Waals surface area contributed by atoms with Crippen LogP contribution >= 0.6 is 22.9 Å². The lowest BCUT2D eigenvalue weighted by molar-refractivity contribution is 0.0698. The van der Waals surface area contributed by atoms with Crippen molar-refractivity contribution in [3.8, 4) is 10.4 Å². The van der Waals surface area contributed by atoms with Crippen LogP contribution in [0.4, 0.5) is 0 Å². The summed E-state index contributed by atoms with van der Waals surface area (Å²) in [6.45, 7) is 1.25. The zero-order valence-electron chi connectivity index (χ0n) is 15.8. The standard InChI is InChI=1S/C23H21ClN2O2S/c24-20-5-2-1-4-19(20)22(27)25-18-11-13-26(14-12-18)23(28)17-9-7-16(8-10-17)21-6-3-15-29-21/h1-10,15,18H,11-14H2,(H,25,27). The minimum Gasteiger partial charge on any atom is -0.349 e. The molecule has 1 aromatic heterocycles. The van der Waals surface area contributed by atoms with Crippen LogP contribution in [0.3, 0.4) is 0 Å². The molecular formula is C23H21ClN2O2S. The summed E-state index contributed by atoms with van der Waals surface area (Å²) in [5.74, 6) is -0.122. The molecular weight excluding hydrogens is 404 g/mol. The normalized spacial score (nSPS) is 14.6. The second-order valence-electron chi connectivity index (χ2n) is 7.07. The smallest absolute Gasteiger partial charge is 0.253 e. The van der Waals surface area contributed by atoms with E-state index in [4.69, 9.17) is 11.6 Å².